The second kappa shape index (κ2) is 10.3. The number of fused-ring (bicyclic) bond motifs is 4. The lowest BCUT2D eigenvalue weighted by atomic mass is 9.41. The largest absolute Gasteiger partial charge is 0.449 e. The molecule has 0 bridgehead atoms. The smallest absolute Gasteiger partial charge is 0.409 e. The summed E-state index contributed by atoms with van der Waals surface area (Å²) in [5.41, 5.74) is 0.0849. The molecule has 1 aliphatic heterocycles. The van der Waals surface area contributed by atoms with Crippen LogP contribution in [0.25, 0.3) is 0 Å². The molecule has 1 heterocycles. The van der Waals surface area contributed by atoms with Gasteiger partial charge in [-0.25, -0.2) is 4.79 Å². The Morgan fingerprint density at radius 2 is 1.68 bits per heavy atom. The minimum absolute atomic E-state index is 0.0110. The maximum Gasteiger partial charge on any atom is 0.409 e. The van der Waals surface area contributed by atoms with Crippen molar-refractivity contribution in [3.05, 3.63) is 0 Å². The van der Waals surface area contributed by atoms with E-state index in [1.807, 2.05) is 0 Å². The molecule has 6 fully saturated rings. The lowest BCUT2D eigenvalue weighted by Gasteiger charge is -2.64. The summed E-state index contributed by atoms with van der Waals surface area (Å²) in [5, 5.41) is 42.2. The minimum Gasteiger partial charge on any atom is -0.449 e. The molecule has 6 aliphatic rings. The van der Waals surface area contributed by atoms with Crippen LogP contribution in [0.4, 0.5) is 4.79 Å². The molecule has 5 aliphatic carbocycles. The third-order valence-electron chi connectivity index (χ3n) is 15.1. The maximum atomic E-state index is 12.8. The number of amides is 1. The van der Waals surface area contributed by atoms with Crippen LogP contribution in [0.1, 0.15) is 105 Å². The van der Waals surface area contributed by atoms with Gasteiger partial charge in [-0.3, -0.25) is 0 Å². The van der Waals surface area contributed by atoms with Gasteiger partial charge in [-0.15, -0.1) is 0 Å². The van der Waals surface area contributed by atoms with Crippen molar-refractivity contribution in [2.24, 2.45) is 56.7 Å². The predicted molar refractivity (Wildman–Crippen MR) is 157 cm³/mol. The zero-order chi connectivity index (χ0) is 29.4. The van der Waals surface area contributed by atoms with Gasteiger partial charge in [0.2, 0.25) is 0 Å². The van der Waals surface area contributed by atoms with Crippen molar-refractivity contribution in [2.45, 2.75) is 117 Å². The van der Waals surface area contributed by atoms with Crippen molar-refractivity contribution in [1.82, 2.24) is 4.90 Å². The Kier molecular flexibility index (Phi) is 7.61. The number of aliphatic hydroxyl groups is 4. The summed E-state index contributed by atoms with van der Waals surface area (Å²) >= 11 is 0. The van der Waals surface area contributed by atoms with Crippen LogP contribution in [-0.2, 0) is 4.74 Å². The third-order valence-corrected chi connectivity index (χ3v) is 15.1. The van der Waals surface area contributed by atoms with Crippen molar-refractivity contribution in [2.75, 3.05) is 32.9 Å². The van der Waals surface area contributed by atoms with Crippen molar-refractivity contribution in [1.29, 1.82) is 0 Å². The first-order valence-electron chi connectivity index (χ1n) is 17.0. The van der Waals surface area contributed by atoms with E-state index in [-0.39, 0.29) is 53.2 Å². The van der Waals surface area contributed by atoms with Crippen molar-refractivity contribution in [3.8, 4) is 0 Å². The molecule has 4 N–H and O–H groups in total. The van der Waals surface area contributed by atoms with E-state index in [9.17, 15) is 25.2 Å². The summed E-state index contributed by atoms with van der Waals surface area (Å²) in [5.74, 6) is 2.49. The highest BCUT2D eigenvalue weighted by atomic mass is 16.6. The Bertz CT molecular complexity index is 992. The molecule has 1 spiro atoms. The van der Waals surface area contributed by atoms with Gasteiger partial charge < -0.3 is 30.1 Å². The van der Waals surface area contributed by atoms with Gasteiger partial charge in [0.05, 0.1) is 32.0 Å². The van der Waals surface area contributed by atoms with Gasteiger partial charge in [0.1, 0.15) is 0 Å². The van der Waals surface area contributed by atoms with Gasteiger partial charge in [-0.2, -0.15) is 0 Å². The summed E-state index contributed by atoms with van der Waals surface area (Å²) in [6, 6.07) is 0. The predicted octanol–water partition coefficient (Wildman–Crippen LogP) is 4.99. The molecule has 0 aromatic heterocycles. The zero-order valence-electron chi connectivity index (χ0n) is 26.1. The lowest BCUT2D eigenvalue weighted by Crippen LogP contribution is -2.62. The zero-order valence-corrected chi connectivity index (χ0v) is 26.1. The van der Waals surface area contributed by atoms with Gasteiger partial charge in [0, 0.05) is 23.9 Å². The Labute approximate surface area is 247 Å². The van der Waals surface area contributed by atoms with E-state index < -0.39 is 5.41 Å². The van der Waals surface area contributed by atoms with Gasteiger partial charge in [0.15, 0.2) is 0 Å². The number of likely N-dealkylation sites (tertiary alicyclic amines) is 1. The second-order valence-electron chi connectivity index (χ2n) is 16.2. The van der Waals surface area contributed by atoms with Gasteiger partial charge >= 0.3 is 6.09 Å². The number of ether oxygens (including phenoxy) is 1. The Balaban J connectivity index is 1.10. The van der Waals surface area contributed by atoms with Crippen molar-refractivity contribution >= 4 is 6.09 Å². The number of carbonyl (C=O) groups is 1. The van der Waals surface area contributed by atoms with Gasteiger partial charge in [0.25, 0.3) is 0 Å². The molecule has 6 rings (SSSR count). The van der Waals surface area contributed by atoms with E-state index in [2.05, 4.69) is 27.7 Å². The summed E-state index contributed by atoms with van der Waals surface area (Å²) in [6.45, 7) is 11.0. The van der Waals surface area contributed by atoms with E-state index in [4.69, 9.17) is 4.74 Å². The molecule has 234 valence electrons. The lowest BCUT2D eigenvalue weighted by molar-refractivity contribution is -0.203. The first kappa shape index (κ1) is 30.1. The molecule has 11 atom stereocenters. The molecule has 41 heavy (non-hydrogen) atoms. The third kappa shape index (κ3) is 4.14. The van der Waals surface area contributed by atoms with Crippen LogP contribution >= 0.6 is 0 Å². The molecular formula is C34H57NO6. The van der Waals surface area contributed by atoms with E-state index in [1.54, 1.807) is 4.90 Å². The van der Waals surface area contributed by atoms with Gasteiger partial charge in [-0.05, 0) is 123 Å². The molecular weight excluding hydrogens is 518 g/mol. The molecule has 1 saturated heterocycles. The quantitative estimate of drug-likeness (QED) is 0.341. The average molecular weight is 576 g/mol. The highest BCUT2D eigenvalue weighted by Crippen LogP contribution is 2.87. The van der Waals surface area contributed by atoms with Crippen molar-refractivity contribution in [3.63, 3.8) is 0 Å². The molecule has 7 nitrogen and oxygen atoms in total. The number of aliphatic hydroxyl groups excluding tert-OH is 4. The van der Waals surface area contributed by atoms with Crippen LogP contribution in [-0.4, -0.2) is 76.5 Å². The van der Waals surface area contributed by atoms with E-state index >= 15 is 0 Å². The topological polar surface area (TPSA) is 110 Å². The second-order valence-corrected chi connectivity index (χ2v) is 16.2. The molecule has 0 aromatic rings. The fourth-order valence-electron chi connectivity index (χ4n) is 12.5. The molecule has 0 radical (unpaired) electrons. The molecule has 7 heteroatoms. The summed E-state index contributed by atoms with van der Waals surface area (Å²) in [7, 11) is 0. The fraction of sp³-hybridized carbons (Fsp3) is 0.971. The van der Waals surface area contributed by atoms with Crippen LogP contribution < -0.4 is 0 Å². The average Bonchev–Trinajstić information content (AvgIpc) is 3.51. The number of piperidine rings is 1. The normalized spacial score (nSPS) is 48.8. The number of hydrogen-bond donors (Lipinski definition) is 4. The minimum atomic E-state index is -0.474. The first-order valence-corrected chi connectivity index (χ1v) is 17.0. The number of hydrogen-bond acceptors (Lipinski definition) is 6. The molecule has 0 aromatic carbocycles. The van der Waals surface area contributed by atoms with Crippen LogP contribution in [0, 0.1) is 56.7 Å². The molecule has 1 amide bonds. The summed E-state index contributed by atoms with van der Waals surface area (Å²) in [4.78, 5) is 14.5. The van der Waals surface area contributed by atoms with Crippen LogP contribution in [0.3, 0.4) is 0 Å². The molecule has 5 saturated carbocycles. The number of rotatable bonds is 7. The fourth-order valence-corrected chi connectivity index (χ4v) is 12.5. The summed E-state index contributed by atoms with van der Waals surface area (Å²) in [6.07, 6.45) is 11.2. The highest BCUT2D eigenvalue weighted by Gasteiger charge is 2.83. The number of nitrogens with zero attached hydrogens (tertiary/aromatic N) is 1. The number of carbonyl (C=O) groups excluding carboxylic acids is 1. The van der Waals surface area contributed by atoms with E-state index in [1.165, 1.54) is 25.7 Å². The molecule has 1 unspecified atom stereocenters. The summed E-state index contributed by atoms with van der Waals surface area (Å²) < 4.78 is 5.75. The Hall–Kier alpha value is -0.890. The highest BCUT2D eigenvalue weighted by molar-refractivity contribution is 5.67. The monoisotopic (exact) mass is 575 g/mol. The Morgan fingerprint density at radius 1 is 0.976 bits per heavy atom. The SMILES string of the molecule is CCC12C[C@]13C[C@H](O)CC[C@]3(C)[C@H]1CC[C@]3(C)[C@@H]([C@H](C)CCOC(=O)N4CCC(CO)(CO)CC4)CC[C@H]3[C@@H]1[C@@H]2O. The first-order chi connectivity index (χ1) is 19.5. The van der Waals surface area contributed by atoms with E-state index in [0.717, 1.165) is 38.5 Å². The Morgan fingerprint density at radius 3 is 2.34 bits per heavy atom. The van der Waals surface area contributed by atoms with Crippen LogP contribution in [0.5, 0.6) is 0 Å². The standard InChI is InChI=1S/C34H57NO6/c1-5-33-19-34(33)18-23(38)8-12-31(34,4)26-9-11-30(3)24(6-7-25(30)27(26)28(33)39)22(2)10-17-41-29(40)35-15-13-32(20-36,21-37)14-16-35/h22-28,36-39H,5-21H2,1-4H3/t22-,23-,24-,25+,26+,27+,28+,30-,31-,33?,34+/m1/s1. The maximum absolute atomic E-state index is 12.8. The van der Waals surface area contributed by atoms with E-state index in [0.29, 0.717) is 62.1 Å². The van der Waals surface area contributed by atoms with Crippen LogP contribution in [0.15, 0.2) is 0 Å². The van der Waals surface area contributed by atoms with Crippen LogP contribution in [0.2, 0.25) is 0 Å². The van der Waals surface area contributed by atoms with Crippen molar-refractivity contribution < 1.29 is 30.0 Å². The van der Waals surface area contributed by atoms with Gasteiger partial charge in [-0.1, -0.05) is 27.7 Å².